The van der Waals surface area contributed by atoms with Gasteiger partial charge in [0, 0.05) is 5.56 Å². The molecule has 1 N–H and O–H groups in total. The Labute approximate surface area is 241 Å². The van der Waals surface area contributed by atoms with Crippen LogP contribution in [0, 0.1) is 0 Å². The number of amides is 1. The zero-order valence-corrected chi connectivity index (χ0v) is 26.4. The summed E-state index contributed by atoms with van der Waals surface area (Å²) in [5, 5.41) is 10.5. The molecule has 0 atom stereocenters. The quantitative estimate of drug-likeness (QED) is 0.281. The number of anilines is 1. The van der Waals surface area contributed by atoms with Crippen LogP contribution in [0.1, 0.15) is 127 Å². The van der Waals surface area contributed by atoms with Crippen molar-refractivity contribution in [2.45, 2.75) is 104 Å². The average molecular weight is 564 g/mol. The van der Waals surface area contributed by atoms with Crippen LogP contribution in [-0.2, 0) is 10.0 Å². The maximum Gasteiger partial charge on any atom is 0.426 e. The molecule has 0 spiro atoms. The number of hydrogen-bond donors (Lipinski definition) is 1. The first-order chi connectivity index (χ1) is 18.6. The molecule has 0 unspecified atom stereocenters. The molecular weight excluding hydrogens is 518 g/mol. The Balaban J connectivity index is 2.46. The Kier molecular flexibility index (Phi) is 9.56. The number of carboxylic acid groups (broad SMARTS) is 1. The third kappa shape index (κ3) is 5.97. The van der Waals surface area contributed by atoms with Gasteiger partial charge < -0.3 is 5.11 Å². The molecule has 0 radical (unpaired) electrons. The number of hydrogen-bond acceptors (Lipinski definition) is 3. The largest absolute Gasteiger partial charge is 0.464 e. The monoisotopic (exact) mass is 563 g/mol. The molecule has 3 aromatic rings. The Hall–Kier alpha value is -3.12. The highest BCUT2D eigenvalue weighted by atomic mass is 32.2. The molecule has 0 aliphatic rings. The van der Waals surface area contributed by atoms with Crippen molar-refractivity contribution in [3.8, 4) is 11.1 Å². The van der Waals surface area contributed by atoms with E-state index >= 15 is 0 Å². The molecule has 3 rings (SSSR count). The number of carbonyl (C=O) groups is 1. The van der Waals surface area contributed by atoms with Crippen LogP contribution in [0.25, 0.3) is 11.1 Å². The van der Waals surface area contributed by atoms with Gasteiger partial charge in [-0.25, -0.2) is 13.2 Å². The van der Waals surface area contributed by atoms with Crippen LogP contribution in [0.3, 0.4) is 0 Å². The molecule has 0 bridgehead atoms. The normalized spacial score (nSPS) is 12.3. The SMILES string of the molecule is CC(C)c1cc(C(C)C)c(-c2ccccc2S(=O)(=O)N(C(=O)O)c2c(C(C)C)cccc2C(C)C)c(C(C)C)c1. The summed E-state index contributed by atoms with van der Waals surface area (Å²) in [7, 11) is -4.52. The minimum atomic E-state index is -4.52. The second-order valence-corrected chi connectivity index (χ2v) is 13.9. The van der Waals surface area contributed by atoms with Crippen molar-refractivity contribution in [1.82, 2.24) is 0 Å². The van der Waals surface area contributed by atoms with Crippen molar-refractivity contribution in [1.29, 1.82) is 0 Å². The van der Waals surface area contributed by atoms with E-state index in [9.17, 15) is 18.3 Å². The van der Waals surface area contributed by atoms with Gasteiger partial charge in [0.15, 0.2) is 0 Å². The number of rotatable bonds is 9. The number of benzene rings is 3. The van der Waals surface area contributed by atoms with Gasteiger partial charge in [-0.15, -0.1) is 0 Å². The Morgan fingerprint density at radius 1 is 0.650 bits per heavy atom. The molecule has 0 aliphatic carbocycles. The first-order valence-corrected chi connectivity index (χ1v) is 15.7. The van der Waals surface area contributed by atoms with E-state index < -0.39 is 16.1 Å². The van der Waals surface area contributed by atoms with Crippen molar-refractivity contribution in [2.24, 2.45) is 0 Å². The van der Waals surface area contributed by atoms with Crippen LogP contribution in [-0.4, -0.2) is 19.6 Å². The van der Waals surface area contributed by atoms with Crippen LogP contribution in [0.4, 0.5) is 10.5 Å². The molecule has 1 amide bonds. The van der Waals surface area contributed by atoms with Crippen molar-refractivity contribution >= 4 is 21.8 Å². The van der Waals surface area contributed by atoms with Crippen LogP contribution < -0.4 is 4.31 Å². The van der Waals surface area contributed by atoms with E-state index in [1.54, 1.807) is 6.07 Å². The minimum absolute atomic E-state index is 0.00763. The minimum Gasteiger partial charge on any atom is -0.464 e. The summed E-state index contributed by atoms with van der Waals surface area (Å²) in [5.41, 5.74) is 6.33. The zero-order valence-electron chi connectivity index (χ0n) is 25.6. The van der Waals surface area contributed by atoms with Gasteiger partial charge in [0.05, 0.1) is 10.6 Å². The van der Waals surface area contributed by atoms with Crippen LogP contribution in [0.5, 0.6) is 0 Å². The molecule has 0 saturated heterocycles. The maximum atomic E-state index is 14.6. The summed E-state index contributed by atoms with van der Waals surface area (Å²) in [6.45, 7) is 20.6. The molecular formula is C34H45NO4S. The highest BCUT2D eigenvalue weighted by molar-refractivity contribution is 7.93. The topological polar surface area (TPSA) is 74.7 Å². The standard InChI is InChI=1S/C34H45NO4S/c1-20(2)25-18-29(23(7)8)32(30(19-25)24(9)10)28-14-11-12-17-31(28)40(38,39)35(34(36)37)33-26(21(3)4)15-13-16-27(33)22(5)6/h11-24H,1-10H3,(H,36,37). The molecule has 0 aliphatic heterocycles. The van der Waals surface area contributed by atoms with E-state index in [0.29, 0.717) is 26.9 Å². The predicted octanol–water partition coefficient (Wildman–Crippen LogP) is 9.84. The molecule has 216 valence electrons. The van der Waals surface area contributed by atoms with Crippen LogP contribution in [0.2, 0.25) is 0 Å². The van der Waals surface area contributed by atoms with Gasteiger partial charge in [0.25, 0.3) is 10.0 Å². The van der Waals surface area contributed by atoms with Crippen molar-refractivity contribution < 1.29 is 18.3 Å². The molecule has 0 saturated carbocycles. The summed E-state index contributed by atoms with van der Waals surface area (Å²) in [5.74, 6) is 0.417. The van der Waals surface area contributed by atoms with Gasteiger partial charge in [0.2, 0.25) is 0 Å². The molecule has 6 heteroatoms. The summed E-state index contributed by atoms with van der Waals surface area (Å²) < 4.78 is 29.8. The van der Waals surface area contributed by atoms with Gasteiger partial charge in [0.1, 0.15) is 0 Å². The average Bonchev–Trinajstić information content (AvgIpc) is 2.87. The molecule has 5 nitrogen and oxygen atoms in total. The van der Waals surface area contributed by atoms with Gasteiger partial charge in [-0.3, -0.25) is 0 Å². The first kappa shape index (κ1) is 31.4. The second kappa shape index (κ2) is 12.2. The van der Waals surface area contributed by atoms with E-state index in [4.69, 9.17) is 0 Å². The molecule has 40 heavy (non-hydrogen) atoms. The van der Waals surface area contributed by atoms with Crippen molar-refractivity contribution in [2.75, 3.05) is 4.31 Å². The number of para-hydroxylation sites is 1. The Morgan fingerprint density at radius 3 is 1.50 bits per heavy atom. The third-order valence-electron chi connectivity index (χ3n) is 7.53. The fourth-order valence-electron chi connectivity index (χ4n) is 5.33. The van der Waals surface area contributed by atoms with Crippen LogP contribution >= 0.6 is 0 Å². The molecule has 3 aromatic carbocycles. The molecule has 0 aromatic heterocycles. The van der Waals surface area contributed by atoms with E-state index in [1.807, 2.05) is 58.0 Å². The number of nitrogens with zero attached hydrogens (tertiary/aromatic N) is 1. The van der Waals surface area contributed by atoms with Gasteiger partial charge >= 0.3 is 6.09 Å². The zero-order chi connectivity index (χ0) is 30.1. The molecule has 0 fully saturated rings. The smallest absolute Gasteiger partial charge is 0.426 e. The third-order valence-corrected chi connectivity index (χ3v) is 9.26. The summed E-state index contributed by atoms with van der Waals surface area (Å²) in [6.07, 6.45) is -1.52. The Bertz CT molecular complexity index is 1430. The maximum absolute atomic E-state index is 14.6. The lowest BCUT2D eigenvalue weighted by Crippen LogP contribution is -2.37. The fraction of sp³-hybridized carbons (Fsp3) is 0.441. The van der Waals surface area contributed by atoms with Gasteiger partial charge in [-0.05, 0) is 69.0 Å². The highest BCUT2D eigenvalue weighted by Crippen LogP contribution is 2.44. The number of sulfonamides is 1. The van der Waals surface area contributed by atoms with Crippen molar-refractivity contribution in [3.05, 3.63) is 82.4 Å². The first-order valence-electron chi connectivity index (χ1n) is 14.3. The fourth-order valence-corrected chi connectivity index (χ4v) is 6.88. The lowest BCUT2D eigenvalue weighted by atomic mass is 9.82. The summed E-state index contributed by atoms with van der Waals surface area (Å²) >= 11 is 0. The van der Waals surface area contributed by atoms with E-state index in [-0.39, 0.29) is 34.3 Å². The lowest BCUT2D eigenvalue weighted by Gasteiger charge is -2.29. The van der Waals surface area contributed by atoms with Gasteiger partial charge in [-0.2, -0.15) is 4.31 Å². The molecule has 0 heterocycles. The van der Waals surface area contributed by atoms with Crippen LogP contribution in [0.15, 0.2) is 59.5 Å². The second-order valence-electron chi connectivity index (χ2n) is 12.2. The summed E-state index contributed by atoms with van der Waals surface area (Å²) in [4.78, 5) is 12.9. The van der Waals surface area contributed by atoms with Gasteiger partial charge in [-0.1, -0.05) is 118 Å². The van der Waals surface area contributed by atoms with E-state index in [2.05, 4.69) is 53.7 Å². The predicted molar refractivity (Wildman–Crippen MR) is 166 cm³/mol. The van der Waals surface area contributed by atoms with Crippen molar-refractivity contribution in [3.63, 3.8) is 0 Å². The lowest BCUT2D eigenvalue weighted by molar-refractivity contribution is 0.206. The Morgan fingerprint density at radius 2 is 1.10 bits per heavy atom. The summed E-state index contributed by atoms with van der Waals surface area (Å²) in [6, 6.07) is 16.7. The van der Waals surface area contributed by atoms with E-state index in [0.717, 1.165) is 16.7 Å². The van der Waals surface area contributed by atoms with E-state index in [1.165, 1.54) is 11.6 Å². The highest BCUT2D eigenvalue weighted by Gasteiger charge is 2.37.